The number of allylic oxidation sites excluding steroid dienone is 4. The van der Waals surface area contributed by atoms with Gasteiger partial charge in [0.25, 0.3) is 0 Å². The summed E-state index contributed by atoms with van der Waals surface area (Å²) in [5.41, 5.74) is 3.14. The van der Waals surface area contributed by atoms with E-state index in [0.29, 0.717) is 0 Å². The van der Waals surface area contributed by atoms with E-state index in [4.69, 9.17) is 0 Å². The molecule has 1 atom stereocenters. The smallest absolute Gasteiger partial charge is 0.0285 e. The molecule has 0 nitrogen and oxygen atoms in total. The van der Waals surface area contributed by atoms with E-state index in [0.717, 1.165) is 5.92 Å². The van der Waals surface area contributed by atoms with Gasteiger partial charge in [0.2, 0.25) is 0 Å². The molecule has 0 spiro atoms. The molecule has 0 heterocycles. The molecule has 1 aliphatic rings. The second-order valence-corrected chi connectivity index (χ2v) is 4.56. The van der Waals surface area contributed by atoms with Crippen LogP contribution >= 0.6 is 0 Å². The van der Waals surface area contributed by atoms with Gasteiger partial charge in [-0.3, -0.25) is 0 Å². The van der Waals surface area contributed by atoms with Gasteiger partial charge in [-0.15, -0.1) is 0 Å². The van der Waals surface area contributed by atoms with Crippen LogP contribution in [0.25, 0.3) is 0 Å². The van der Waals surface area contributed by atoms with Crippen LogP contribution in [0, 0.1) is 5.92 Å². The van der Waals surface area contributed by atoms with Crippen LogP contribution in [0.2, 0.25) is 0 Å². The van der Waals surface area contributed by atoms with Crippen molar-refractivity contribution in [1.29, 1.82) is 0 Å². The molecular formula is C14H26. The molecule has 0 saturated heterocycles. The Morgan fingerprint density at radius 1 is 1.50 bits per heavy atom. The Morgan fingerprint density at radius 2 is 2.21 bits per heavy atom. The second-order valence-electron chi connectivity index (χ2n) is 4.56. The standard InChI is InChI=1S/C13H22.CH4/c1-11(2)5-4-6-13-9-7-12(3)8-10-13;/h5,9,12H,4,6-8,10H2,1-3H3;1H4. The van der Waals surface area contributed by atoms with E-state index in [1.54, 1.807) is 5.57 Å². The van der Waals surface area contributed by atoms with Gasteiger partial charge < -0.3 is 0 Å². The predicted octanol–water partition coefficient (Wildman–Crippen LogP) is 5.12. The molecule has 0 aliphatic heterocycles. The minimum Gasteiger partial charge on any atom is -0.0856 e. The van der Waals surface area contributed by atoms with Crippen LogP contribution in [0.1, 0.15) is 60.3 Å². The summed E-state index contributed by atoms with van der Waals surface area (Å²) in [6.45, 7) is 6.71. The molecular weight excluding hydrogens is 168 g/mol. The highest BCUT2D eigenvalue weighted by Gasteiger charge is 2.08. The van der Waals surface area contributed by atoms with Crippen LogP contribution in [0.15, 0.2) is 23.3 Å². The molecule has 0 N–H and O–H groups in total. The van der Waals surface area contributed by atoms with Gasteiger partial charge in [-0.2, -0.15) is 0 Å². The first kappa shape index (κ1) is 13.5. The maximum absolute atomic E-state index is 2.47. The van der Waals surface area contributed by atoms with Crippen LogP contribution in [-0.4, -0.2) is 0 Å². The third-order valence-electron chi connectivity index (χ3n) is 2.79. The first-order valence-electron chi connectivity index (χ1n) is 5.49. The van der Waals surface area contributed by atoms with E-state index in [-0.39, 0.29) is 7.43 Å². The molecule has 1 aliphatic carbocycles. The zero-order valence-corrected chi connectivity index (χ0v) is 9.27. The monoisotopic (exact) mass is 194 g/mol. The largest absolute Gasteiger partial charge is 0.0856 e. The normalized spacial score (nSPS) is 20.8. The lowest BCUT2D eigenvalue weighted by Crippen LogP contribution is -2.01. The molecule has 82 valence electrons. The van der Waals surface area contributed by atoms with Gasteiger partial charge in [-0.25, -0.2) is 0 Å². The molecule has 0 amide bonds. The fraction of sp³-hybridized carbons (Fsp3) is 0.714. The van der Waals surface area contributed by atoms with E-state index < -0.39 is 0 Å². The van der Waals surface area contributed by atoms with Crippen molar-refractivity contribution >= 4 is 0 Å². The quantitative estimate of drug-likeness (QED) is 0.547. The Balaban J connectivity index is 0.00000169. The van der Waals surface area contributed by atoms with Crippen molar-refractivity contribution in [1.82, 2.24) is 0 Å². The van der Waals surface area contributed by atoms with Gasteiger partial charge in [0.1, 0.15) is 0 Å². The number of hydrogen-bond acceptors (Lipinski definition) is 0. The highest BCUT2D eigenvalue weighted by molar-refractivity contribution is 5.08. The topological polar surface area (TPSA) is 0 Å². The summed E-state index contributed by atoms with van der Waals surface area (Å²) >= 11 is 0. The summed E-state index contributed by atoms with van der Waals surface area (Å²) in [6, 6.07) is 0. The molecule has 0 bridgehead atoms. The van der Waals surface area contributed by atoms with Crippen LogP contribution in [-0.2, 0) is 0 Å². The molecule has 0 fully saturated rings. The minimum atomic E-state index is 0. The first-order chi connectivity index (χ1) is 6.18. The van der Waals surface area contributed by atoms with Gasteiger partial charge in [0, 0.05) is 0 Å². The molecule has 1 unspecified atom stereocenters. The third-order valence-corrected chi connectivity index (χ3v) is 2.79. The lowest BCUT2D eigenvalue weighted by Gasteiger charge is -2.17. The highest BCUT2D eigenvalue weighted by atomic mass is 14.1. The highest BCUT2D eigenvalue weighted by Crippen LogP contribution is 2.25. The molecule has 0 aromatic heterocycles. The predicted molar refractivity (Wildman–Crippen MR) is 66.5 cm³/mol. The second kappa shape index (κ2) is 6.86. The van der Waals surface area contributed by atoms with Crippen LogP contribution in [0.3, 0.4) is 0 Å². The molecule has 0 saturated carbocycles. The number of hydrogen-bond donors (Lipinski definition) is 0. The molecule has 1 rings (SSSR count). The molecule has 0 aromatic carbocycles. The van der Waals surface area contributed by atoms with E-state index in [1.807, 2.05) is 0 Å². The summed E-state index contributed by atoms with van der Waals surface area (Å²) in [5, 5.41) is 0. The summed E-state index contributed by atoms with van der Waals surface area (Å²) in [6.07, 6.45) is 11.4. The summed E-state index contributed by atoms with van der Waals surface area (Å²) in [4.78, 5) is 0. The molecule has 0 heteroatoms. The van der Waals surface area contributed by atoms with E-state index in [2.05, 4.69) is 32.9 Å². The zero-order chi connectivity index (χ0) is 9.68. The van der Waals surface area contributed by atoms with Gasteiger partial charge in [0.05, 0.1) is 0 Å². The van der Waals surface area contributed by atoms with Crippen molar-refractivity contribution < 1.29 is 0 Å². The summed E-state index contributed by atoms with van der Waals surface area (Å²) < 4.78 is 0. The molecule has 0 aromatic rings. The first-order valence-corrected chi connectivity index (χ1v) is 5.49. The average molecular weight is 194 g/mol. The van der Waals surface area contributed by atoms with Crippen LogP contribution in [0.4, 0.5) is 0 Å². The van der Waals surface area contributed by atoms with Crippen molar-refractivity contribution in [3.63, 3.8) is 0 Å². The van der Waals surface area contributed by atoms with E-state index >= 15 is 0 Å². The maximum Gasteiger partial charge on any atom is -0.0285 e. The lowest BCUT2D eigenvalue weighted by molar-refractivity contribution is 0.506. The Bertz CT molecular complexity index is 204. The van der Waals surface area contributed by atoms with Crippen molar-refractivity contribution in [2.45, 2.75) is 60.3 Å². The maximum atomic E-state index is 2.47. The Hall–Kier alpha value is -0.520. The van der Waals surface area contributed by atoms with Crippen molar-refractivity contribution in [3.05, 3.63) is 23.3 Å². The third kappa shape index (κ3) is 5.26. The Kier molecular flexibility index (Phi) is 6.61. The van der Waals surface area contributed by atoms with Gasteiger partial charge >= 0.3 is 0 Å². The average Bonchev–Trinajstić information content (AvgIpc) is 2.08. The molecule has 0 radical (unpaired) electrons. The summed E-state index contributed by atoms with van der Waals surface area (Å²) in [5.74, 6) is 0.923. The van der Waals surface area contributed by atoms with Crippen molar-refractivity contribution in [3.8, 4) is 0 Å². The fourth-order valence-electron chi connectivity index (χ4n) is 1.79. The SMILES string of the molecule is C.CC(C)=CCCC1=CCC(C)CC1. The zero-order valence-electron chi connectivity index (χ0n) is 9.27. The van der Waals surface area contributed by atoms with Crippen molar-refractivity contribution in [2.24, 2.45) is 5.92 Å². The number of rotatable bonds is 3. The van der Waals surface area contributed by atoms with Crippen molar-refractivity contribution in [2.75, 3.05) is 0 Å². The van der Waals surface area contributed by atoms with Gasteiger partial charge in [-0.1, -0.05) is 37.6 Å². The summed E-state index contributed by atoms with van der Waals surface area (Å²) in [7, 11) is 0. The van der Waals surface area contributed by atoms with Crippen LogP contribution < -0.4 is 0 Å². The Morgan fingerprint density at radius 3 is 2.71 bits per heavy atom. The van der Waals surface area contributed by atoms with Crippen LogP contribution in [0.5, 0.6) is 0 Å². The Labute approximate surface area is 90.1 Å². The fourth-order valence-corrected chi connectivity index (χ4v) is 1.79. The lowest BCUT2D eigenvalue weighted by atomic mass is 9.89. The van der Waals surface area contributed by atoms with E-state index in [1.165, 1.54) is 37.7 Å². The van der Waals surface area contributed by atoms with Gasteiger partial charge in [0.15, 0.2) is 0 Å². The minimum absolute atomic E-state index is 0. The van der Waals surface area contributed by atoms with E-state index in [9.17, 15) is 0 Å². The molecule has 14 heavy (non-hydrogen) atoms. The van der Waals surface area contributed by atoms with Gasteiger partial charge in [-0.05, 0) is 51.9 Å².